The Bertz CT molecular complexity index is 790. The van der Waals surface area contributed by atoms with Crippen molar-refractivity contribution in [1.29, 1.82) is 0 Å². The highest BCUT2D eigenvalue weighted by molar-refractivity contribution is 5.63. The van der Waals surface area contributed by atoms with Crippen LogP contribution in [0.2, 0.25) is 0 Å². The molecule has 0 unspecified atom stereocenters. The van der Waals surface area contributed by atoms with Crippen molar-refractivity contribution in [2.45, 2.75) is 52.4 Å². The van der Waals surface area contributed by atoms with Crippen LogP contribution in [0.3, 0.4) is 0 Å². The van der Waals surface area contributed by atoms with Crippen molar-refractivity contribution in [3.8, 4) is 22.6 Å². The lowest BCUT2D eigenvalue weighted by Gasteiger charge is -2.05. The molecular formula is C23H27N3. The summed E-state index contributed by atoms with van der Waals surface area (Å²) in [5, 5.41) is 0. The molecule has 0 bridgehead atoms. The monoisotopic (exact) mass is 345 g/mol. The molecule has 3 heteroatoms. The van der Waals surface area contributed by atoms with Crippen LogP contribution in [0.15, 0.2) is 55.0 Å². The molecule has 1 aromatic carbocycles. The number of benzene rings is 1. The Morgan fingerprint density at radius 3 is 1.96 bits per heavy atom. The van der Waals surface area contributed by atoms with Crippen LogP contribution in [0.5, 0.6) is 0 Å². The van der Waals surface area contributed by atoms with Crippen LogP contribution >= 0.6 is 0 Å². The van der Waals surface area contributed by atoms with Gasteiger partial charge in [-0.25, -0.2) is 9.97 Å². The summed E-state index contributed by atoms with van der Waals surface area (Å²) < 4.78 is 0. The first-order chi connectivity index (χ1) is 12.8. The molecule has 0 aliphatic carbocycles. The minimum Gasteiger partial charge on any atom is -0.253 e. The number of aryl methyl sites for hydroxylation is 2. The summed E-state index contributed by atoms with van der Waals surface area (Å²) in [7, 11) is 0. The highest BCUT2D eigenvalue weighted by Crippen LogP contribution is 2.21. The normalized spacial score (nSPS) is 10.8. The molecule has 3 nitrogen and oxygen atoms in total. The Morgan fingerprint density at radius 1 is 0.615 bits per heavy atom. The summed E-state index contributed by atoms with van der Waals surface area (Å²) in [5.74, 6) is 0.677. The number of rotatable bonds is 8. The average Bonchev–Trinajstić information content (AvgIpc) is 2.70. The summed E-state index contributed by atoms with van der Waals surface area (Å²) >= 11 is 0. The van der Waals surface area contributed by atoms with E-state index in [0.717, 1.165) is 29.7 Å². The molecule has 0 atom stereocenters. The third-order valence-corrected chi connectivity index (χ3v) is 4.60. The Morgan fingerprint density at radius 2 is 1.35 bits per heavy atom. The molecule has 3 rings (SSSR count). The first kappa shape index (κ1) is 18.2. The largest absolute Gasteiger partial charge is 0.253 e. The summed E-state index contributed by atoms with van der Waals surface area (Å²) in [4.78, 5) is 13.6. The summed E-state index contributed by atoms with van der Waals surface area (Å²) in [5.41, 5.74) is 5.67. The number of hydrogen-bond acceptors (Lipinski definition) is 3. The summed E-state index contributed by atoms with van der Waals surface area (Å²) in [6.07, 6.45) is 12.8. The minimum atomic E-state index is 0.677. The van der Waals surface area contributed by atoms with E-state index in [1.807, 2.05) is 24.7 Å². The van der Waals surface area contributed by atoms with Gasteiger partial charge in [0.15, 0.2) is 5.82 Å². The summed E-state index contributed by atoms with van der Waals surface area (Å²) in [6.45, 7) is 4.42. The zero-order valence-electron chi connectivity index (χ0n) is 15.8. The fraction of sp³-hybridized carbons (Fsp3) is 0.348. The van der Waals surface area contributed by atoms with Gasteiger partial charge in [0.1, 0.15) is 5.69 Å². The minimum absolute atomic E-state index is 0.677. The fourth-order valence-electron chi connectivity index (χ4n) is 3.05. The van der Waals surface area contributed by atoms with E-state index < -0.39 is 0 Å². The van der Waals surface area contributed by atoms with Crippen molar-refractivity contribution >= 4 is 0 Å². The predicted octanol–water partition coefficient (Wildman–Crippen LogP) is 5.89. The molecule has 0 radical (unpaired) electrons. The molecule has 2 aromatic heterocycles. The second kappa shape index (κ2) is 9.23. The first-order valence-electron chi connectivity index (χ1n) is 9.66. The van der Waals surface area contributed by atoms with Gasteiger partial charge in [0.05, 0.1) is 0 Å². The van der Waals surface area contributed by atoms with E-state index in [1.54, 1.807) is 0 Å². The van der Waals surface area contributed by atoms with Gasteiger partial charge in [0, 0.05) is 24.2 Å². The lowest BCUT2D eigenvalue weighted by atomic mass is 10.0. The second-order valence-electron chi connectivity index (χ2n) is 6.75. The molecule has 2 heterocycles. The van der Waals surface area contributed by atoms with Crippen LogP contribution in [0.4, 0.5) is 0 Å². The van der Waals surface area contributed by atoms with Crippen LogP contribution in [0, 0.1) is 0 Å². The molecule has 0 saturated carbocycles. The van der Waals surface area contributed by atoms with Gasteiger partial charge in [-0.1, -0.05) is 63.4 Å². The molecule has 0 saturated heterocycles. The molecule has 26 heavy (non-hydrogen) atoms. The molecule has 0 aliphatic rings. The van der Waals surface area contributed by atoms with Crippen molar-refractivity contribution in [3.63, 3.8) is 0 Å². The smallest absolute Gasteiger partial charge is 0.178 e. The molecule has 0 N–H and O–H groups in total. The lowest BCUT2D eigenvalue weighted by Crippen LogP contribution is -1.94. The SMILES string of the molecule is CCCCCc1ccc(-c2ncc(-c3ccc(CCC)cc3)cn2)nc1. The number of aromatic nitrogens is 3. The van der Waals surface area contributed by atoms with Crippen molar-refractivity contribution in [2.24, 2.45) is 0 Å². The van der Waals surface area contributed by atoms with Crippen LogP contribution < -0.4 is 0 Å². The van der Waals surface area contributed by atoms with Crippen LogP contribution in [-0.2, 0) is 12.8 Å². The Balaban J connectivity index is 1.68. The molecule has 0 spiro atoms. The maximum absolute atomic E-state index is 4.54. The maximum Gasteiger partial charge on any atom is 0.178 e. The van der Waals surface area contributed by atoms with Crippen LogP contribution in [0.25, 0.3) is 22.6 Å². The van der Waals surface area contributed by atoms with E-state index in [-0.39, 0.29) is 0 Å². The van der Waals surface area contributed by atoms with Gasteiger partial charge in [0.25, 0.3) is 0 Å². The number of pyridine rings is 1. The third-order valence-electron chi connectivity index (χ3n) is 4.60. The fourth-order valence-corrected chi connectivity index (χ4v) is 3.05. The highest BCUT2D eigenvalue weighted by Gasteiger charge is 2.05. The van der Waals surface area contributed by atoms with E-state index >= 15 is 0 Å². The summed E-state index contributed by atoms with van der Waals surface area (Å²) in [6, 6.07) is 12.8. The molecule has 134 valence electrons. The van der Waals surface area contributed by atoms with Crippen LogP contribution in [0.1, 0.15) is 50.7 Å². The van der Waals surface area contributed by atoms with Gasteiger partial charge in [-0.2, -0.15) is 0 Å². The zero-order valence-corrected chi connectivity index (χ0v) is 15.8. The quantitative estimate of drug-likeness (QED) is 0.478. The number of nitrogens with zero attached hydrogens (tertiary/aromatic N) is 3. The van der Waals surface area contributed by atoms with Gasteiger partial charge in [-0.15, -0.1) is 0 Å². The zero-order chi connectivity index (χ0) is 18.2. The molecular weight excluding hydrogens is 318 g/mol. The highest BCUT2D eigenvalue weighted by atomic mass is 14.9. The molecule has 0 amide bonds. The second-order valence-corrected chi connectivity index (χ2v) is 6.75. The number of hydrogen-bond donors (Lipinski definition) is 0. The Hall–Kier alpha value is -2.55. The Kier molecular flexibility index (Phi) is 6.48. The maximum atomic E-state index is 4.54. The van der Waals surface area contributed by atoms with Gasteiger partial charge in [-0.05, 0) is 42.0 Å². The molecule has 3 aromatic rings. The van der Waals surface area contributed by atoms with Crippen LogP contribution in [-0.4, -0.2) is 15.0 Å². The van der Waals surface area contributed by atoms with E-state index in [1.165, 1.54) is 36.8 Å². The average molecular weight is 345 g/mol. The van der Waals surface area contributed by atoms with Crippen molar-refractivity contribution in [1.82, 2.24) is 15.0 Å². The lowest BCUT2D eigenvalue weighted by molar-refractivity contribution is 0.716. The van der Waals surface area contributed by atoms with Crippen molar-refractivity contribution < 1.29 is 0 Å². The van der Waals surface area contributed by atoms with E-state index in [2.05, 4.69) is 59.1 Å². The standard InChI is InChI=1S/C23H27N3/c1-3-5-6-8-19-11-14-22(24-15-19)23-25-16-21(17-26-23)20-12-9-18(7-4-2)10-13-20/h9-17H,3-8H2,1-2H3. The van der Waals surface area contributed by atoms with E-state index in [4.69, 9.17) is 0 Å². The van der Waals surface area contributed by atoms with Crippen molar-refractivity contribution in [3.05, 3.63) is 66.1 Å². The molecule has 0 fully saturated rings. The van der Waals surface area contributed by atoms with E-state index in [9.17, 15) is 0 Å². The Labute approximate surface area is 156 Å². The number of unbranched alkanes of at least 4 members (excludes halogenated alkanes) is 2. The predicted molar refractivity (Wildman–Crippen MR) is 108 cm³/mol. The van der Waals surface area contributed by atoms with Gasteiger partial charge < -0.3 is 0 Å². The topological polar surface area (TPSA) is 38.7 Å². The first-order valence-corrected chi connectivity index (χ1v) is 9.66. The van der Waals surface area contributed by atoms with Gasteiger partial charge >= 0.3 is 0 Å². The van der Waals surface area contributed by atoms with Gasteiger partial charge in [0.2, 0.25) is 0 Å². The van der Waals surface area contributed by atoms with Gasteiger partial charge in [-0.3, -0.25) is 4.98 Å². The molecule has 0 aliphatic heterocycles. The van der Waals surface area contributed by atoms with Crippen molar-refractivity contribution in [2.75, 3.05) is 0 Å². The van der Waals surface area contributed by atoms with E-state index in [0.29, 0.717) is 5.82 Å². The third kappa shape index (κ3) is 4.75.